The van der Waals surface area contributed by atoms with Crippen molar-refractivity contribution in [3.63, 3.8) is 0 Å². The number of nitrogens with one attached hydrogen (secondary N) is 1. The van der Waals surface area contributed by atoms with E-state index in [0.717, 1.165) is 49.6 Å². The molecule has 1 aromatic rings. The van der Waals surface area contributed by atoms with Crippen LogP contribution < -0.4 is 5.32 Å². The van der Waals surface area contributed by atoms with E-state index in [0.29, 0.717) is 19.1 Å². The van der Waals surface area contributed by atoms with E-state index < -0.39 is 0 Å². The van der Waals surface area contributed by atoms with Crippen molar-refractivity contribution >= 4 is 45.9 Å². The normalized spacial score (nSPS) is 20.8. The molecule has 3 rings (SSSR count). The van der Waals surface area contributed by atoms with Crippen molar-refractivity contribution in [2.45, 2.75) is 31.6 Å². The lowest BCUT2D eigenvalue weighted by Crippen LogP contribution is -2.40. The molecule has 1 heterocycles. The van der Waals surface area contributed by atoms with Crippen LogP contribution in [0.4, 0.5) is 0 Å². The van der Waals surface area contributed by atoms with E-state index in [-0.39, 0.29) is 29.4 Å². The minimum Gasteiger partial charge on any atom is -0.382 e. The minimum absolute atomic E-state index is 0. The number of aliphatic imine (C=N–C) groups is 1. The molecule has 1 saturated heterocycles. The number of ether oxygens (including phenoxy) is 2. The van der Waals surface area contributed by atoms with Crippen molar-refractivity contribution < 1.29 is 9.47 Å². The van der Waals surface area contributed by atoms with Crippen molar-refractivity contribution in [3.8, 4) is 0 Å². The summed E-state index contributed by atoms with van der Waals surface area (Å²) < 4.78 is 11.9. The van der Waals surface area contributed by atoms with Gasteiger partial charge in [0.1, 0.15) is 0 Å². The molecule has 0 amide bonds. The van der Waals surface area contributed by atoms with Crippen LogP contribution in [0.2, 0.25) is 0 Å². The Morgan fingerprint density at radius 2 is 2.18 bits per heavy atom. The molecule has 28 heavy (non-hydrogen) atoms. The van der Waals surface area contributed by atoms with Crippen molar-refractivity contribution in [1.82, 2.24) is 10.2 Å². The fourth-order valence-electron chi connectivity index (χ4n) is 3.71. The Bertz CT molecular complexity index is 640. The van der Waals surface area contributed by atoms with Gasteiger partial charge in [-0.2, -0.15) is 0 Å². The number of methoxy groups -OCH3 is 1. The first-order chi connectivity index (χ1) is 13.2. The zero-order chi connectivity index (χ0) is 19.1. The highest BCUT2D eigenvalue weighted by Crippen LogP contribution is 2.48. The smallest absolute Gasteiger partial charge is 0.193 e. The molecule has 1 saturated carbocycles. The fourth-order valence-corrected chi connectivity index (χ4v) is 4.11. The zero-order valence-electron chi connectivity index (χ0n) is 17.0. The van der Waals surface area contributed by atoms with Gasteiger partial charge in [0, 0.05) is 42.5 Å². The third-order valence-corrected chi connectivity index (χ3v) is 6.02. The topological polar surface area (TPSA) is 46.1 Å². The summed E-state index contributed by atoms with van der Waals surface area (Å²) in [5.41, 5.74) is 1.63. The lowest BCUT2D eigenvalue weighted by Gasteiger charge is -2.23. The monoisotopic (exact) mass is 565 g/mol. The van der Waals surface area contributed by atoms with Gasteiger partial charge < -0.3 is 19.7 Å². The predicted molar refractivity (Wildman–Crippen MR) is 129 cm³/mol. The molecule has 7 heteroatoms. The van der Waals surface area contributed by atoms with Crippen LogP contribution in [0.25, 0.3) is 0 Å². The number of hydrogen-bond donors (Lipinski definition) is 1. The highest BCUT2D eigenvalue weighted by molar-refractivity contribution is 14.0. The molecule has 1 aliphatic carbocycles. The molecular formula is C21H33BrIN3O2. The molecule has 158 valence electrons. The summed E-state index contributed by atoms with van der Waals surface area (Å²) in [4.78, 5) is 7.43. The van der Waals surface area contributed by atoms with Gasteiger partial charge >= 0.3 is 0 Å². The molecule has 0 spiro atoms. The van der Waals surface area contributed by atoms with Gasteiger partial charge in [-0.3, -0.25) is 4.99 Å². The van der Waals surface area contributed by atoms with E-state index in [1.54, 1.807) is 7.11 Å². The maximum atomic E-state index is 5.72. The van der Waals surface area contributed by atoms with Crippen molar-refractivity contribution in [2.24, 2.45) is 10.9 Å². The van der Waals surface area contributed by atoms with Crippen LogP contribution in [-0.4, -0.2) is 64.0 Å². The van der Waals surface area contributed by atoms with Gasteiger partial charge in [-0.25, -0.2) is 0 Å². The molecule has 0 bridgehead atoms. The van der Waals surface area contributed by atoms with Crippen LogP contribution >= 0.6 is 39.9 Å². The van der Waals surface area contributed by atoms with Crippen molar-refractivity contribution in [1.29, 1.82) is 0 Å². The van der Waals surface area contributed by atoms with Gasteiger partial charge in [0.05, 0.1) is 26.4 Å². The molecule has 5 nitrogen and oxygen atoms in total. The van der Waals surface area contributed by atoms with Crippen LogP contribution in [-0.2, 0) is 14.9 Å². The molecule has 2 fully saturated rings. The maximum absolute atomic E-state index is 5.72. The van der Waals surface area contributed by atoms with Gasteiger partial charge in [0.25, 0.3) is 0 Å². The Morgan fingerprint density at radius 1 is 1.36 bits per heavy atom. The highest BCUT2D eigenvalue weighted by Gasteiger charge is 2.44. The van der Waals surface area contributed by atoms with E-state index in [9.17, 15) is 0 Å². The van der Waals surface area contributed by atoms with E-state index in [4.69, 9.17) is 14.5 Å². The number of nitrogens with zero attached hydrogens (tertiary/aromatic N) is 2. The molecule has 1 N–H and O–H groups in total. The third-order valence-electron chi connectivity index (χ3n) is 5.53. The fraction of sp³-hybridized carbons (Fsp3) is 0.667. The highest BCUT2D eigenvalue weighted by atomic mass is 127. The average molecular weight is 566 g/mol. The molecule has 2 aliphatic rings. The second kappa shape index (κ2) is 11.7. The van der Waals surface area contributed by atoms with Crippen molar-refractivity contribution in [3.05, 3.63) is 34.3 Å². The summed E-state index contributed by atoms with van der Waals surface area (Å²) in [5.74, 6) is 1.63. The third kappa shape index (κ3) is 6.57. The molecule has 1 atom stereocenters. The summed E-state index contributed by atoms with van der Waals surface area (Å²) in [6.07, 6.45) is 3.61. The van der Waals surface area contributed by atoms with Gasteiger partial charge in [0.15, 0.2) is 5.96 Å². The maximum Gasteiger partial charge on any atom is 0.193 e. The van der Waals surface area contributed by atoms with Gasteiger partial charge in [-0.05, 0) is 43.9 Å². The van der Waals surface area contributed by atoms with Crippen LogP contribution in [0.5, 0.6) is 0 Å². The summed E-state index contributed by atoms with van der Waals surface area (Å²) in [6.45, 7) is 8.11. The first-order valence-corrected chi connectivity index (χ1v) is 10.8. The Morgan fingerprint density at radius 3 is 2.86 bits per heavy atom. The number of benzene rings is 1. The molecule has 1 aromatic carbocycles. The second-order valence-corrected chi connectivity index (χ2v) is 8.54. The van der Waals surface area contributed by atoms with E-state index in [1.165, 1.54) is 18.4 Å². The van der Waals surface area contributed by atoms with Crippen LogP contribution in [0.1, 0.15) is 31.7 Å². The number of rotatable bonds is 9. The second-order valence-electron chi connectivity index (χ2n) is 7.63. The summed E-state index contributed by atoms with van der Waals surface area (Å²) in [5, 5.41) is 3.49. The Hall–Kier alpha value is -0.380. The first-order valence-electron chi connectivity index (χ1n) is 10.0. The largest absolute Gasteiger partial charge is 0.382 e. The summed E-state index contributed by atoms with van der Waals surface area (Å²) in [7, 11) is 1.71. The summed E-state index contributed by atoms with van der Waals surface area (Å²) >= 11 is 3.60. The number of hydrogen-bond acceptors (Lipinski definition) is 3. The molecular weight excluding hydrogens is 533 g/mol. The van der Waals surface area contributed by atoms with Gasteiger partial charge in [0.2, 0.25) is 0 Å². The van der Waals surface area contributed by atoms with Crippen LogP contribution in [0.15, 0.2) is 33.7 Å². The van der Waals surface area contributed by atoms with Gasteiger partial charge in [-0.15, -0.1) is 24.0 Å². The summed E-state index contributed by atoms with van der Waals surface area (Å²) in [6, 6.07) is 8.71. The van der Waals surface area contributed by atoms with E-state index in [1.807, 2.05) is 0 Å². The van der Waals surface area contributed by atoms with Gasteiger partial charge in [-0.1, -0.05) is 28.1 Å². The lowest BCUT2D eigenvalue weighted by molar-refractivity contribution is 0.0536. The Balaban J connectivity index is 0.00000280. The zero-order valence-corrected chi connectivity index (χ0v) is 20.9. The average Bonchev–Trinajstić information content (AvgIpc) is 3.32. The Kier molecular flexibility index (Phi) is 10.00. The quantitative estimate of drug-likeness (QED) is 0.212. The first kappa shape index (κ1) is 23.9. The number of guanidine groups is 1. The van der Waals surface area contributed by atoms with Crippen LogP contribution in [0.3, 0.4) is 0 Å². The minimum atomic E-state index is 0. The lowest BCUT2D eigenvalue weighted by atomic mass is 9.96. The number of likely N-dealkylation sites (tertiary alicyclic amines) is 1. The number of halogens is 2. The van der Waals surface area contributed by atoms with Crippen molar-refractivity contribution in [2.75, 3.05) is 53.1 Å². The SMILES string of the molecule is CCNC(=NCC1(c2cccc(Br)c2)CC1)N1CCC(COCCOC)C1.I. The Labute approximate surface area is 194 Å². The van der Waals surface area contributed by atoms with Crippen LogP contribution in [0, 0.1) is 5.92 Å². The predicted octanol–water partition coefficient (Wildman–Crippen LogP) is 4.05. The standard InChI is InChI=1S/C21H32BrN3O2.HI/c1-3-23-20(25-10-7-17(14-25)15-27-12-11-26-2)24-16-21(8-9-21)18-5-4-6-19(22)13-18;/h4-6,13,17H,3,7-12,14-16H2,1-2H3,(H,23,24);1H. The molecule has 0 radical (unpaired) electrons. The van der Waals surface area contributed by atoms with E-state index in [2.05, 4.69) is 57.3 Å². The molecule has 1 aliphatic heterocycles. The molecule has 0 aromatic heterocycles. The van der Waals surface area contributed by atoms with E-state index >= 15 is 0 Å². The molecule has 1 unspecified atom stereocenters.